The number of aromatic nitrogens is 2. The van der Waals surface area contributed by atoms with Crippen molar-refractivity contribution in [1.82, 2.24) is 14.5 Å². The van der Waals surface area contributed by atoms with Crippen molar-refractivity contribution < 1.29 is 13.9 Å². The maximum atomic E-state index is 13.1. The van der Waals surface area contributed by atoms with E-state index in [2.05, 4.69) is 4.98 Å². The van der Waals surface area contributed by atoms with Crippen molar-refractivity contribution in [2.75, 3.05) is 13.2 Å². The molecule has 7 nitrogen and oxygen atoms in total. The molecule has 1 saturated heterocycles. The minimum absolute atomic E-state index is 0.0432. The zero-order valence-corrected chi connectivity index (χ0v) is 15.8. The number of hydrogen-bond donors (Lipinski definition) is 0. The lowest BCUT2D eigenvalue weighted by molar-refractivity contribution is 0.0720. The molecule has 0 spiro atoms. The zero-order valence-electron chi connectivity index (χ0n) is 15.8. The van der Waals surface area contributed by atoms with Crippen LogP contribution in [0.2, 0.25) is 0 Å². The number of rotatable bonds is 6. The number of likely N-dealkylation sites (tertiary alicyclic amines) is 1. The van der Waals surface area contributed by atoms with Crippen LogP contribution in [-0.2, 0) is 6.54 Å². The van der Waals surface area contributed by atoms with E-state index < -0.39 is 5.63 Å². The molecule has 1 amide bonds. The summed E-state index contributed by atoms with van der Waals surface area (Å²) in [5, 5.41) is 0.706. The Hall–Kier alpha value is -3.09. The minimum Gasteiger partial charge on any atom is -0.493 e. The van der Waals surface area contributed by atoms with Crippen molar-refractivity contribution in [2.45, 2.75) is 38.8 Å². The second-order valence-corrected chi connectivity index (χ2v) is 7.05. The van der Waals surface area contributed by atoms with Gasteiger partial charge in [0.25, 0.3) is 5.91 Å². The summed E-state index contributed by atoms with van der Waals surface area (Å²) in [5.41, 5.74) is -0.114. The number of ether oxygens (including phenoxy) is 1. The van der Waals surface area contributed by atoms with E-state index in [1.54, 1.807) is 29.6 Å². The smallest absolute Gasteiger partial charge is 0.349 e. The van der Waals surface area contributed by atoms with Crippen LogP contribution in [0.3, 0.4) is 0 Å². The first kappa shape index (κ1) is 18.3. The SMILES string of the molecule is CCCOc1ccc2cc(C(=O)N3CCCC3Cn3ccnc3)c(=O)oc2c1. The molecule has 0 bridgehead atoms. The van der Waals surface area contributed by atoms with E-state index in [-0.39, 0.29) is 17.5 Å². The maximum Gasteiger partial charge on any atom is 0.349 e. The lowest BCUT2D eigenvalue weighted by Crippen LogP contribution is -2.39. The Morgan fingerprint density at radius 2 is 2.25 bits per heavy atom. The molecule has 1 unspecified atom stereocenters. The fraction of sp³-hybridized carbons (Fsp3) is 0.381. The van der Waals surface area contributed by atoms with E-state index in [4.69, 9.17) is 9.15 Å². The van der Waals surface area contributed by atoms with Crippen molar-refractivity contribution in [2.24, 2.45) is 0 Å². The Balaban J connectivity index is 1.59. The van der Waals surface area contributed by atoms with Gasteiger partial charge in [0, 0.05) is 36.9 Å². The summed E-state index contributed by atoms with van der Waals surface area (Å²) in [4.78, 5) is 31.4. The largest absolute Gasteiger partial charge is 0.493 e. The molecule has 1 fully saturated rings. The van der Waals surface area contributed by atoms with Gasteiger partial charge in [0.05, 0.1) is 19.0 Å². The Morgan fingerprint density at radius 1 is 1.36 bits per heavy atom. The lowest BCUT2D eigenvalue weighted by atomic mass is 10.1. The van der Waals surface area contributed by atoms with Gasteiger partial charge in [-0.3, -0.25) is 4.79 Å². The second kappa shape index (κ2) is 7.88. The van der Waals surface area contributed by atoms with Crippen LogP contribution in [0.4, 0.5) is 0 Å². The summed E-state index contributed by atoms with van der Waals surface area (Å²) < 4.78 is 13.0. The van der Waals surface area contributed by atoms with Crippen LogP contribution in [0, 0.1) is 0 Å². The predicted molar refractivity (Wildman–Crippen MR) is 105 cm³/mol. The quantitative estimate of drug-likeness (QED) is 0.613. The van der Waals surface area contributed by atoms with E-state index in [0.29, 0.717) is 36.4 Å². The van der Waals surface area contributed by atoms with E-state index in [0.717, 1.165) is 19.3 Å². The van der Waals surface area contributed by atoms with Gasteiger partial charge in [0.1, 0.15) is 16.9 Å². The third kappa shape index (κ3) is 3.65. The van der Waals surface area contributed by atoms with Crippen molar-refractivity contribution in [3.05, 3.63) is 59.0 Å². The summed E-state index contributed by atoms with van der Waals surface area (Å²) in [7, 11) is 0. The van der Waals surface area contributed by atoms with E-state index in [9.17, 15) is 9.59 Å². The Labute approximate surface area is 162 Å². The number of fused-ring (bicyclic) bond motifs is 1. The van der Waals surface area contributed by atoms with E-state index in [1.807, 2.05) is 29.8 Å². The number of amides is 1. The van der Waals surface area contributed by atoms with Gasteiger partial charge in [0.15, 0.2) is 0 Å². The van der Waals surface area contributed by atoms with Gasteiger partial charge in [-0.25, -0.2) is 9.78 Å². The molecule has 4 rings (SSSR count). The molecule has 1 atom stereocenters. The molecule has 146 valence electrons. The summed E-state index contributed by atoms with van der Waals surface area (Å²) in [6, 6.07) is 7.00. The standard InChI is InChI=1S/C21H23N3O4/c1-2-10-27-17-6-5-15-11-18(21(26)28-19(15)12-17)20(25)24-8-3-4-16(24)13-23-9-7-22-14-23/h5-7,9,11-12,14,16H,2-4,8,10,13H2,1H3. The minimum atomic E-state index is -0.613. The molecule has 0 aliphatic carbocycles. The summed E-state index contributed by atoms with van der Waals surface area (Å²) in [6.45, 7) is 3.93. The summed E-state index contributed by atoms with van der Waals surface area (Å²) in [5.74, 6) is 0.376. The number of carbonyl (C=O) groups excluding carboxylic acids is 1. The van der Waals surface area contributed by atoms with Gasteiger partial charge in [-0.2, -0.15) is 0 Å². The highest BCUT2D eigenvalue weighted by Crippen LogP contribution is 2.24. The Morgan fingerprint density at radius 3 is 3.04 bits per heavy atom. The lowest BCUT2D eigenvalue weighted by Gasteiger charge is -2.24. The molecular weight excluding hydrogens is 358 g/mol. The van der Waals surface area contributed by atoms with Crippen LogP contribution >= 0.6 is 0 Å². The van der Waals surface area contributed by atoms with E-state index >= 15 is 0 Å². The first-order chi connectivity index (χ1) is 13.7. The van der Waals surface area contributed by atoms with Gasteiger partial charge in [-0.15, -0.1) is 0 Å². The third-order valence-electron chi connectivity index (χ3n) is 5.03. The molecule has 7 heteroatoms. The fourth-order valence-corrected chi connectivity index (χ4v) is 3.64. The summed E-state index contributed by atoms with van der Waals surface area (Å²) >= 11 is 0. The van der Waals surface area contributed by atoms with Crippen LogP contribution in [0.1, 0.15) is 36.5 Å². The molecule has 1 aromatic carbocycles. The summed E-state index contributed by atoms with van der Waals surface area (Å²) in [6.07, 6.45) is 8.05. The molecule has 0 saturated carbocycles. The second-order valence-electron chi connectivity index (χ2n) is 7.05. The number of carbonyl (C=O) groups is 1. The molecule has 3 heterocycles. The highest BCUT2D eigenvalue weighted by atomic mass is 16.5. The van der Waals surface area contributed by atoms with Gasteiger partial charge >= 0.3 is 5.63 Å². The van der Waals surface area contributed by atoms with E-state index in [1.165, 1.54) is 0 Å². The maximum absolute atomic E-state index is 13.1. The molecular formula is C21H23N3O4. The monoisotopic (exact) mass is 381 g/mol. The normalized spacial score (nSPS) is 16.6. The molecule has 28 heavy (non-hydrogen) atoms. The third-order valence-corrected chi connectivity index (χ3v) is 5.03. The van der Waals surface area contributed by atoms with Gasteiger partial charge in [-0.1, -0.05) is 6.92 Å². The van der Waals surface area contributed by atoms with Crippen LogP contribution < -0.4 is 10.4 Å². The van der Waals surface area contributed by atoms with Crippen LogP contribution in [0.5, 0.6) is 5.75 Å². The first-order valence-electron chi connectivity index (χ1n) is 9.63. The van der Waals surface area contributed by atoms with Crippen molar-refractivity contribution >= 4 is 16.9 Å². The Kier molecular flexibility index (Phi) is 5.14. The van der Waals surface area contributed by atoms with Crippen LogP contribution in [0.15, 0.2) is 52.2 Å². The van der Waals surface area contributed by atoms with Crippen molar-refractivity contribution in [3.63, 3.8) is 0 Å². The van der Waals surface area contributed by atoms with Gasteiger partial charge in [0.2, 0.25) is 0 Å². The molecule has 0 N–H and O–H groups in total. The number of imidazole rings is 1. The highest BCUT2D eigenvalue weighted by Gasteiger charge is 2.31. The molecule has 1 aliphatic heterocycles. The Bertz CT molecular complexity index is 1030. The highest BCUT2D eigenvalue weighted by molar-refractivity contribution is 5.97. The zero-order chi connectivity index (χ0) is 19.5. The first-order valence-corrected chi connectivity index (χ1v) is 9.63. The van der Waals surface area contributed by atoms with Crippen LogP contribution in [0.25, 0.3) is 11.0 Å². The fourth-order valence-electron chi connectivity index (χ4n) is 3.64. The molecule has 0 radical (unpaired) electrons. The molecule has 2 aromatic heterocycles. The molecule has 1 aliphatic rings. The number of benzene rings is 1. The van der Waals surface area contributed by atoms with Gasteiger partial charge < -0.3 is 18.6 Å². The van der Waals surface area contributed by atoms with Crippen molar-refractivity contribution in [3.8, 4) is 5.75 Å². The number of hydrogen-bond acceptors (Lipinski definition) is 5. The average molecular weight is 381 g/mol. The topological polar surface area (TPSA) is 77.6 Å². The average Bonchev–Trinajstić information content (AvgIpc) is 3.37. The van der Waals surface area contributed by atoms with Gasteiger partial charge in [-0.05, 0) is 37.5 Å². The predicted octanol–water partition coefficient (Wildman–Crippen LogP) is 3.08. The number of nitrogens with zero attached hydrogens (tertiary/aromatic N) is 3. The molecule has 3 aromatic rings. The van der Waals surface area contributed by atoms with Crippen molar-refractivity contribution in [1.29, 1.82) is 0 Å². The van der Waals surface area contributed by atoms with Crippen LogP contribution in [-0.4, -0.2) is 39.6 Å².